The van der Waals surface area contributed by atoms with Gasteiger partial charge in [-0.3, -0.25) is 4.79 Å². The van der Waals surface area contributed by atoms with Crippen molar-refractivity contribution in [1.29, 1.82) is 0 Å². The summed E-state index contributed by atoms with van der Waals surface area (Å²) >= 11 is 5.89. The number of aromatic amines is 1. The third-order valence-corrected chi connectivity index (χ3v) is 7.89. The molecule has 3 aromatic carbocycles. The fourth-order valence-corrected chi connectivity index (χ4v) is 5.87. The van der Waals surface area contributed by atoms with Crippen molar-refractivity contribution in [3.63, 3.8) is 0 Å². The molecule has 2 heterocycles. The van der Waals surface area contributed by atoms with E-state index in [2.05, 4.69) is 15.3 Å². The van der Waals surface area contributed by atoms with E-state index in [1.54, 1.807) is 6.07 Å². The summed E-state index contributed by atoms with van der Waals surface area (Å²) in [7, 11) is -3.81. The van der Waals surface area contributed by atoms with Crippen molar-refractivity contribution in [3.8, 4) is 11.4 Å². The summed E-state index contributed by atoms with van der Waals surface area (Å²) in [6.45, 7) is 0.294. The van der Waals surface area contributed by atoms with Gasteiger partial charge in [0, 0.05) is 22.8 Å². The molecule has 1 amide bonds. The number of imidazole rings is 1. The van der Waals surface area contributed by atoms with Crippen molar-refractivity contribution in [2.24, 2.45) is 0 Å². The number of benzene rings is 3. The quantitative estimate of drug-likeness (QED) is 0.433. The molecule has 1 aliphatic rings. The number of carbonyl (C=O) groups excluding carboxylic acids is 1. The van der Waals surface area contributed by atoms with E-state index < -0.39 is 16.1 Å². The summed E-state index contributed by atoms with van der Waals surface area (Å²) in [4.78, 5) is 21.1. The van der Waals surface area contributed by atoms with E-state index >= 15 is 0 Å². The molecule has 1 saturated heterocycles. The number of amides is 1. The van der Waals surface area contributed by atoms with E-state index in [1.165, 1.54) is 28.6 Å². The van der Waals surface area contributed by atoms with E-state index in [0.717, 1.165) is 16.6 Å². The van der Waals surface area contributed by atoms with Gasteiger partial charge in [-0.2, -0.15) is 4.31 Å². The highest BCUT2D eigenvalue weighted by Gasteiger charge is 2.39. The minimum absolute atomic E-state index is 0.124. The van der Waals surface area contributed by atoms with Crippen LogP contribution in [0.3, 0.4) is 0 Å². The first-order valence-electron chi connectivity index (χ1n) is 10.6. The maximum Gasteiger partial charge on any atom is 0.243 e. The third-order valence-electron chi connectivity index (χ3n) is 5.72. The monoisotopic (exact) mass is 480 g/mol. The first-order chi connectivity index (χ1) is 15.9. The standard InChI is InChI=1S/C24H21ClN4O3S/c25-17-10-12-19(13-11-17)33(31,32)29-14-4-9-22(29)24(30)26-18-6-3-5-16(15-18)23-27-20-7-1-2-8-21(20)28-23/h1-3,5-8,10-13,15,22H,4,9,14H2,(H,26,30)(H,27,28). The molecule has 5 rings (SSSR count). The Kier molecular flexibility index (Phi) is 5.65. The molecule has 1 unspecified atom stereocenters. The normalized spacial score (nSPS) is 16.8. The van der Waals surface area contributed by atoms with Gasteiger partial charge in [-0.15, -0.1) is 0 Å². The number of sulfonamides is 1. The molecule has 2 N–H and O–H groups in total. The van der Waals surface area contributed by atoms with Gasteiger partial charge in [0.1, 0.15) is 11.9 Å². The Morgan fingerprint density at radius 1 is 1.06 bits per heavy atom. The van der Waals surface area contributed by atoms with Crippen molar-refractivity contribution in [2.75, 3.05) is 11.9 Å². The number of anilines is 1. The van der Waals surface area contributed by atoms with E-state index in [1.807, 2.05) is 42.5 Å². The zero-order valence-electron chi connectivity index (χ0n) is 17.5. The summed E-state index contributed by atoms with van der Waals surface area (Å²) in [5.74, 6) is 0.340. The number of para-hydroxylation sites is 2. The highest BCUT2D eigenvalue weighted by molar-refractivity contribution is 7.89. The summed E-state index contributed by atoms with van der Waals surface area (Å²) in [5, 5.41) is 3.34. The van der Waals surface area contributed by atoms with Crippen LogP contribution in [0.4, 0.5) is 5.69 Å². The third kappa shape index (κ3) is 4.25. The number of fused-ring (bicyclic) bond motifs is 1. The summed E-state index contributed by atoms with van der Waals surface area (Å²) in [6, 6.07) is 20.3. The molecule has 1 atom stereocenters. The minimum atomic E-state index is -3.81. The average molecular weight is 481 g/mol. The van der Waals surface area contributed by atoms with E-state index in [9.17, 15) is 13.2 Å². The lowest BCUT2D eigenvalue weighted by Gasteiger charge is -2.23. The molecule has 1 fully saturated rings. The van der Waals surface area contributed by atoms with Gasteiger partial charge < -0.3 is 10.3 Å². The molecule has 0 saturated carbocycles. The molecular formula is C24H21ClN4O3S. The molecule has 1 aliphatic heterocycles. The first-order valence-corrected chi connectivity index (χ1v) is 12.4. The van der Waals surface area contributed by atoms with Crippen molar-refractivity contribution < 1.29 is 13.2 Å². The number of aromatic nitrogens is 2. The van der Waals surface area contributed by atoms with Crippen LogP contribution in [0, 0.1) is 0 Å². The molecule has 7 nitrogen and oxygen atoms in total. The van der Waals surface area contributed by atoms with Crippen LogP contribution in [-0.4, -0.2) is 41.2 Å². The molecule has 33 heavy (non-hydrogen) atoms. The highest BCUT2D eigenvalue weighted by atomic mass is 35.5. The first kappa shape index (κ1) is 21.6. The molecule has 9 heteroatoms. The van der Waals surface area contributed by atoms with Crippen LogP contribution in [0.15, 0.2) is 77.7 Å². The van der Waals surface area contributed by atoms with Gasteiger partial charge in [0.05, 0.1) is 15.9 Å². The van der Waals surface area contributed by atoms with Gasteiger partial charge in [0.2, 0.25) is 15.9 Å². The Morgan fingerprint density at radius 2 is 1.85 bits per heavy atom. The van der Waals surface area contributed by atoms with Crippen molar-refractivity contribution >= 4 is 44.3 Å². The Morgan fingerprint density at radius 3 is 2.64 bits per heavy atom. The van der Waals surface area contributed by atoms with Crippen LogP contribution in [0.5, 0.6) is 0 Å². The van der Waals surface area contributed by atoms with Crippen molar-refractivity contribution in [1.82, 2.24) is 14.3 Å². The zero-order chi connectivity index (χ0) is 23.0. The Labute approximate surface area is 196 Å². The SMILES string of the molecule is O=C(Nc1cccc(-c2nc3ccccc3[nH]2)c1)C1CCCN1S(=O)(=O)c1ccc(Cl)cc1. The van der Waals surface area contributed by atoms with Crippen LogP contribution < -0.4 is 5.32 Å². The maximum atomic E-state index is 13.1. The Bertz CT molecular complexity index is 1400. The summed E-state index contributed by atoms with van der Waals surface area (Å²) < 4.78 is 27.5. The molecule has 1 aromatic heterocycles. The number of halogens is 1. The highest BCUT2D eigenvalue weighted by Crippen LogP contribution is 2.28. The molecule has 0 radical (unpaired) electrons. The van der Waals surface area contributed by atoms with Gasteiger partial charge in [-0.25, -0.2) is 13.4 Å². The van der Waals surface area contributed by atoms with Crippen LogP contribution in [-0.2, 0) is 14.8 Å². The minimum Gasteiger partial charge on any atom is -0.338 e. The summed E-state index contributed by atoms with van der Waals surface area (Å²) in [5.41, 5.74) is 3.18. The van der Waals surface area contributed by atoms with Crippen LogP contribution in [0.1, 0.15) is 12.8 Å². The molecule has 0 bridgehead atoms. The fraction of sp³-hybridized carbons (Fsp3) is 0.167. The van der Waals surface area contributed by atoms with Gasteiger partial charge in [-0.05, 0) is 61.4 Å². The predicted octanol–water partition coefficient (Wildman–Crippen LogP) is 4.68. The lowest BCUT2D eigenvalue weighted by Crippen LogP contribution is -2.43. The van der Waals surface area contributed by atoms with E-state index in [-0.39, 0.29) is 10.8 Å². The number of carbonyl (C=O) groups is 1. The second kappa shape index (κ2) is 8.62. The van der Waals surface area contributed by atoms with Gasteiger partial charge in [0.15, 0.2) is 0 Å². The van der Waals surface area contributed by atoms with Crippen LogP contribution >= 0.6 is 11.6 Å². The maximum absolute atomic E-state index is 13.1. The van der Waals surface area contributed by atoms with Gasteiger partial charge in [0.25, 0.3) is 0 Å². The zero-order valence-corrected chi connectivity index (χ0v) is 19.1. The average Bonchev–Trinajstić information content (AvgIpc) is 3.47. The predicted molar refractivity (Wildman–Crippen MR) is 129 cm³/mol. The largest absolute Gasteiger partial charge is 0.338 e. The fourth-order valence-electron chi connectivity index (χ4n) is 4.09. The Hall–Kier alpha value is -3.20. The lowest BCUT2D eigenvalue weighted by molar-refractivity contribution is -0.119. The smallest absolute Gasteiger partial charge is 0.243 e. The number of H-pyrrole nitrogens is 1. The summed E-state index contributed by atoms with van der Waals surface area (Å²) in [6.07, 6.45) is 1.08. The van der Waals surface area contributed by atoms with Gasteiger partial charge in [-0.1, -0.05) is 35.9 Å². The molecule has 4 aromatic rings. The number of rotatable bonds is 5. The molecule has 0 aliphatic carbocycles. The number of nitrogens with zero attached hydrogens (tertiary/aromatic N) is 2. The lowest BCUT2D eigenvalue weighted by atomic mass is 10.1. The van der Waals surface area contributed by atoms with Crippen molar-refractivity contribution in [3.05, 3.63) is 77.8 Å². The molecule has 0 spiro atoms. The van der Waals surface area contributed by atoms with E-state index in [0.29, 0.717) is 35.9 Å². The van der Waals surface area contributed by atoms with Crippen LogP contribution in [0.25, 0.3) is 22.4 Å². The topological polar surface area (TPSA) is 95.2 Å². The number of nitrogens with one attached hydrogen (secondary N) is 2. The van der Waals surface area contributed by atoms with Crippen LogP contribution in [0.2, 0.25) is 5.02 Å². The van der Waals surface area contributed by atoms with E-state index in [4.69, 9.17) is 11.6 Å². The second-order valence-corrected chi connectivity index (χ2v) is 10.2. The number of hydrogen-bond acceptors (Lipinski definition) is 4. The molecular weight excluding hydrogens is 460 g/mol. The molecule has 168 valence electrons. The second-order valence-electron chi connectivity index (χ2n) is 7.90. The Balaban J connectivity index is 1.37. The van der Waals surface area contributed by atoms with Crippen molar-refractivity contribution in [2.45, 2.75) is 23.8 Å². The number of hydrogen-bond donors (Lipinski definition) is 2. The van der Waals surface area contributed by atoms with Gasteiger partial charge >= 0.3 is 0 Å².